The highest BCUT2D eigenvalue weighted by Crippen LogP contribution is 2.23. The van der Waals surface area contributed by atoms with Crippen molar-refractivity contribution in [3.8, 4) is 0 Å². The number of thiophene rings is 1. The van der Waals surface area contributed by atoms with E-state index in [2.05, 4.69) is 5.32 Å². The predicted molar refractivity (Wildman–Crippen MR) is 79.1 cm³/mol. The molecular formula is C13H18N2O3S2. The fraction of sp³-hybridized carbons (Fsp3) is 0.385. The van der Waals surface area contributed by atoms with Crippen LogP contribution >= 0.6 is 11.3 Å². The molecule has 1 N–H and O–H groups in total. The first-order chi connectivity index (χ1) is 9.54. The third-order valence-electron chi connectivity index (χ3n) is 2.87. The summed E-state index contributed by atoms with van der Waals surface area (Å²) in [5.74, 6) is 0. The molecule has 0 aliphatic heterocycles. The molecule has 0 saturated heterocycles. The highest BCUT2D eigenvalue weighted by atomic mass is 32.2. The van der Waals surface area contributed by atoms with Gasteiger partial charge in [0, 0.05) is 36.0 Å². The molecule has 0 atom stereocenters. The predicted octanol–water partition coefficient (Wildman–Crippen LogP) is 2.27. The summed E-state index contributed by atoms with van der Waals surface area (Å²) in [6, 6.07) is 3.49. The molecule has 0 saturated carbocycles. The molecule has 20 heavy (non-hydrogen) atoms. The van der Waals surface area contributed by atoms with Crippen molar-refractivity contribution in [2.24, 2.45) is 0 Å². The molecule has 2 aromatic rings. The highest BCUT2D eigenvalue weighted by Gasteiger charge is 2.22. The fourth-order valence-electron chi connectivity index (χ4n) is 1.74. The van der Waals surface area contributed by atoms with E-state index in [-0.39, 0.29) is 0 Å². The zero-order valence-corrected chi connectivity index (χ0v) is 13.1. The van der Waals surface area contributed by atoms with Gasteiger partial charge < -0.3 is 9.73 Å². The van der Waals surface area contributed by atoms with Gasteiger partial charge in [-0.1, -0.05) is 6.92 Å². The van der Waals surface area contributed by atoms with Crippen molar-refractivity contribution in [1.82, 2.24) is 9.62 Å². The van der Waals surface area contributed by atoms with Gasteiger partial charge in [-0.25, -0.2) is 8.42 Å². The lowest BCUT2D eigenvalue weighted by molar-refractivity contribution is 0.463. The SMILES string of the molecule is CCNCc1cc(S(=O)(=O)N(C)Cc2ccoc2)cs1. The van der Waals surface area contributed by atoms with Crippen LogP contribution < -0.4 is 5.32 Å². The maximum absolute atomic E-state index is 12.4. The van der Waals surface area contributed by atoms with Gasteiger partial charge in [0.1, 0.15) is 0 Å². The lowest BCUT2D eigenvalue weighted by Gasteiger charge is -2.15. The first kappa shape index (κ1) is 15.2. The van der Waals surface area contributed by atoms with Crippen LogP contribution in [0.1, 0.15) is 17.4 Å². The van der Waals surface area contributed by atoms with Crippen molar-refractivity contribution in [1.29, 1.82) is 0 Å². The summed E-state index contributed by atoms with van der Waals surface area (Å²) in [6.45, 7) is 3.88. The van der Waals surface area contributed by atoms with E-state index < -0.39 is 10.0 Å². The lowest BCUT2D eigenvalue weighted by Crippen LogP contribution is -2.26. The maximum Gasteiger partial charge on any atom is 0.243 e. The van der Waals surface area contributed by atoms with E-state index >= 15 is 0 Å². The third kappa shape index (κ3) is 3.49. The number of sulfonamides is 1. The van der Waals surface area contributed by atoms with Crippen LogP contribution in [-0.4, -0.2) is 26.3 Å². The van der Waals surface area contributed by atoms with Crippen LogP contribution in [0.15, 0.2) is 39.4 Å². The summed E-state index contributed by atoms with van der Waals surface area (Å²) in [5, 5.41) is 4.87. The number of furan rings is 1. The largest absolute Gasteiger partial charge is 0.472 e. The molecular weight excluding hydrogens is 296 g/mol. The lowest BCUT2D eigenvalue weighted by atomic mass is 10.3. The molecule has 0 aliphatic rings. The molecule has 0 radical (unpaired) electrons. The van der Waals surface area contributed by atoms with E-state index in [1.165, 1.54) is 21.9 Å². The molecule has 7 heteroatoms. The molecule has 0 amide bonds. The van der Waals surface area contributed by atoms with Gasteiger partial charge in [0.15, 0.2) is 0 Å². The van der Waals surface area contributed by atoms with E-state index in [0.29, 0.717) is 18.0 Å². The first-order valence-corrected chi connectivity index (χ1v) is 8.61. The van der Waals surface area contributed by atoms with Crippen molar-refractivity contribution in [2.45, 2.75) is 24.9 Å². The first-order valence-electron chi connectivity index (χ1n) is 6.29. The Bertz CT molecular complexity index is 632. The topological polar surface area (TPSA) is 62.6 Å². The molecule has 5 nitrogen and oxygen atoms in total. The van der Waals surface area contributed by atoms with Gasteiger partial charge in [0.25, 0.3) is 0 Å². The van der Waals surface area contributed by atoms with Crippen LogP contribution in [0.5, 0.6) is 0 Å². The van der Waals surface area contributed by atoms with Crippen molar-refractivity contribution in [3.05, 3.63) is 40.5 Å². The normalized spacial score (nSPS) is 12.2. The van der Waals surface area contributed by atoms with E-state index in [0.717, 1.165) is 17.0 Å². The molecule has 0 bridgehead atoms. The van der Waals surface area contributed by atoms with Gasteiger partial charge in [-0.2, -0.15) is 4.31 Å². The number of nitrogens with zero attached hydrogens (tertiary/aromatic N) is 1. The third-order valence-corrected chi connectivity index (χ3v) is 5.74. The quantitative estimate of drug-likeness (QED) is 0.851. The van der Waals surface area contributed by atoms with Gasteiger partial charge in [-0.05, 0) is 18.7 Å². The van der Waals surface area contributed by atoms with E-state index in [4.69, 9.17) is 4.42 Å². The van der Waals surface area contributed by atoms with Crippen LogP contribution in [0, 0.1) is 0 Å². The number of nitrogens with one attached hydrogen (secondary N) is 1. The van der Waals surface area contributed by atoms with Crippen molar-refractivity contribution < 1.29 is 12.8 Å². The number of hydrogen-bond acceptors (Lipinski definition) is 5. The minimum Gasteiger partial charge on any atom is -0.472 e. The molecule has 0 unspecified atom stereocenters. The van der Waals surface area contributed by atoms with Crippen LogP contribution in [0.4, 0.5) is 0 Å². The summed E-state index contributed by atoms with van der Waals surface area (Å²) in [5.41, 5.74) is 0.833. The molecule has 2 rings (SSSR count). The summed E-state index contributed by atoms with van der Waals surface area (Å²) in [6.07, 6.45) is 3.09. The minimum absolute atomic E-state index is 0.303. The molecule has 2 heterocycles. The monoisotopic (exact) mass is 314 g/mol. The number of hydrogen-bond donors (Lipinski definition) is 1. The summed E-state index contributed by atoms with van der Waals surface area (Å²) >= 11 is 1.45. The average Bonchev–Trinajstić information content (AvgIpc) is 3.07. The van der Waals surface area contributed by atoms with Gasteiger partial charge in [-0.15, -0.1) is 11.3 Å². The Morgan fingerprint density at radius 1 is 1.45 bits per heavy atom. The Hall–Kier alpha value is -1.15. The highest BCUT2D eigenvalue weighted by molar-refractivity contribution is 7.89. The second-order valence-corrected chi connectivity index (χ2v) is 7.46. The van der Waals surface area contributed by atoms with Crippen LogP contribution in [0.25, 0.3) is 0 Å². The summed E-state index contributed by atoms with van der Waals surface area (Å²) in [7, 11) is -1.87. The van der Waals surface area contributed by atoms with Crippen molar-refractivity contribution in [3.63, 3.8) is 0 Å². The van der Waals surface area contributed by atoms with E-state index in [1.54, 1.807) is 30.8 Å². The summed E-state index contributed by atoms with van der Waals surface area (Å²) < 4.78 is 31.1. The molecule has 2 aromatic heterocycles. The van der Waals surface area contributed by atoms with Crippen LogP contribution in [0.2, 0.25) is 0 Å². The zero-order chi connectivity index (χ0) is 14.6. The second kappa shape index (κ2) is 6.53. The van der Waals surface area contributed by atoms with Crippen molar-refractivity contribution in [2.75, 3.05) is 13.6 Å². The van der Waals surface area contributed by atoms with Crippen molar-refractivity contribution >= 4 is 21.4 Å². The smallest absolute Gasteiger partial charge is 0.243 e. The minimum atomic E-state index is -3.44. The Balaban J connectivity index is 2.10. The number of rotatable bonds is 7. The molecule has 110 valence electrons. The summed E-state index contributed by atoms with van der Waals surface area (Å²) in [4.78, 5) is 1.36. The Morgan fingerprint density at radius 3 is 2.90 bits per heavy atom. The van der Waals surface area contributed by atoms with Crippen LogP contribution in [0.3, 0.4) is 0 Å². The van der Waals surface area contributed by atoms with Gasteiger partial charge >= 0.3 is 0 Å². The van der Waals surface area contributed by atoms with Gasteiger partial charge in [-0.3, -0.25) is 0 Å². The molecule has 0 fully saturated rings. The molecule has 0 spiro atoms. The van der Waals surface area contributed by atoms with Crippen LogP contribution in [-0.2, 0) is 23.1 Å². The Morgan fingerprint density at radius 2 is 2.25 bits per heavy atom. The standard InChI is InChI=1S/C13H18N2O3S2/c1-3-14-7-12-6-13(10-19-12)20(16,17)15(2)8-11-4-5-18-9-11/h4-6,9-10,14H,3,7-8H2,1-2H3. The maximum atomic E-state index is 12.4. The van der Waals surface area contributed by atoms with E-state index in [1.807, 2.05) is 6.92 Å². The second-order valence-electron chi connectivity index (χ2n) is 4.42. The van der Waals surface area contributed by atoms with E-state index in [9.17, 15) is 8.42 Å². The average molecular weight is 314 g/mol. The van der Waals surface area contributed by atoms with Gasteiger partial charge in [0.2, 0.25) is 10.0 Å². The van der Waals surface area contributed by atoms with Gasteiger partial charge in [0.05, 0.1) is 17.4 Å². The Kier molecular flexibility index (Phi) is 4.98. The fourth-order valence-corrected chi connectivity index (χ4v) is 4.13. The Labute approximate surface area is 123 Å². The molecule has 0 aliphatic carbocycles. The zero-order valence-electron chi connectivity index (χ0n) is 11.5. The molecule has 0 aromatic carbocycles.